The highest BCUT2D eigenvalue weighted by Gasteiger charge is 2.29. The van der Waals surface area contributed by atoms with Crippen molar-refractivity contribution >= 4 is 50.0 Å². The molecule has 4 aromatic rings. The number of aromatic nitrogens is 6. The Labute approximate surface area is 316 Å². The Kier molecular flexibility index (Phi) is 13.5. The van der Waals surface area contributed by atoms with E-state index in [1.165, 1.54) is 19.0 Å². The number of nitrogens with one attached hydrogen (secondary N) is 1. The third-order valence-electron chi connectivity index (χ3n) is 9.04. The highest BCUT2D eigenvalue weighted by atomic mass is 28.3. The number of hydrogen-bond acceptors (Lipinski definition) is 9. The van der Waals surface area contributed by atoms with Crippen LogP contribution in [0, 0.1) is 10.8 Å². The van der Waals surface area contributed by atoms with Crippen molar-refractivity contribution in [1.82, 2.24) is 29.1 Å². The molecule has 0 bridgehead atoms. The van der Waals surface area contributed by atoms with Gasteiger partial charge in [0.05, 0.1) is 29.0 Å². The van der Waals surface area contributed by atoms with Crippen molar-refractivity contribution in [2.45, 2.75) is 138 Å². The molecule has 0 aliphatic heterocycles. The molecule has 0 aromatic carbocycles. The van der Waals surface area contributed by atoms with Gasteiger partial charge in [0.15, 0.2) is 22.9 Å². The highest BCUT2D eigenvalue weighted by Crippen LogP contribution is 2.30. The minimum absolute atomic E-state index is 0.0306. The number of Topliss-reactive ketones (excluding diaryl/α,β-unsaturated/α-hetero) is 2. The van der Waals surface area contributed by atoms with E-state index >= 15 is 0 Å². The summed E-state index contributed by atoms with van der Waals surface area (Å²) in [5, 5.41) is 0. The number of carbonyl (C=O) groups excluding carboxylic acids is 2. The van der Waals surface area contributed by atoms with Crippen LogP contribution in [-0.2, 0) is 22.9 Å². The van der Waals surface area contributed by atoms with E-state index in [0.717, 1.165) is 24.9 Å². The summed E-state index contributed by atoms with van der Waals surface area (Å²) in [6.45, 7) is 27.3. The van der Waals surface area contributed by atoms with Gasteiger partial charge in [0.25, 0.3) is 5.56 Å². The van der Waals surface area contributed by atoms with Crippen molar-refractivity contribution in [3.63, 3.8) is 0 Å². The Morgan fingerprint density at radius 3 is 1.79 bits per heavy atom. The fourth-order valence-corrected chi connectivity index (χ4v) is 7.29. The lowest BCUT2D eigenvalue weighted by Crippen LogP contribution is -2.22. The van der Waals surface area contributed by atoms with Crippen LogP contribution < -0.4 is 10.3 Å². The summed E-state index contributed by atoms with van der Waals surface area (Å²) in [7, 11) is -2.29. The Morgan fingerprint density at radius 2 is 1.26 bits per heavy atom. The molecule has 0 radical (unpaired) electrons. The Balaban J connectivity index is 0.000000241. The largest absolute Gasteiger partial charge is 0.473 e. The Morgan fingerprint density at radius 1 is 0.774 bits per heavy atom. The lowest BCUT2D eigenvalue weighted by molar-refractivity contribution is 0.0842. The van der Waals surface area contributed by atoms with E-state index in [0.29, 0.717) is 66.0 Å². The maximum absolute atomic E-state index is 13.1. The Hall–Kier alpha value is -3.47. The fourth-order valence-electron chi connectivity index (χ4n) is 5.78. The minimum atomic E-state index is -1.15. The van der Waals surface area contributed by atoms with Gasteiger partial charge in [-0.3, -0.25) is 14.4 Å². The molecule has 53 heavy (non-hydrogen) atoms. The zero-order chi connectivity index (χ0) is 39.4. The lowest BCUT2D eigenvalue weighted by atomic mass is 9.87. The van der Waals surface area contributed by atoms with Crippen LogP contribution in [0.1, 0.15) is 87.9 Å². The average Bonchev–Trinajstić information content (AvgIpc) is 3.77. The summed E-state index contributed by atoms with van der Waals surface area (Å²) in [5.74, 6) is 0.525. The molecule has 0 amide bonds. The van der Waals surface area contributed by atoms with Crippen LogP contribution >= 0.6 is 0 Å². The first-order valence-corrected chi connectivity index (χ1v) is 26.3. The molecule has 1 saturated carbocycles. The SMILES string of the molecule is CC(C)(C)C(=O)c1cn(COCC[Si](C)(C)C)c2ncc(=O)[nH]c12.CC(C)(C)C(=O)c1cn(COCC[Si](C)(C)C)c2ncc(OC3CCCC3)nc12. The van der Waals surface area contributed by atoms with Gasteiger partial charge in [-0.05, 0) is 37.8 Å². The summed E-state index contributed by atoms with van der Waals surface area (Å²) < 4.78 is 21.4. The van der Waals surface area contributed by atoms with Crippen LogP contribution in [0.4, 0.5) is 0 Å². The number of H-pyrrole nitrogens is 1. The van der Waals surface area contributed by atoms with E-state index in [4.69, 9.17) is 14.2 Å². The van der Waals surface area contributed by atoms with Gasteiger partial charge in [0, 0.05) is 52.6 Å². The zero-order valence-corrected chi connectivity index (χ0v) is 36.1. The predicted octanol–water partition coefficient (Wildman–Crippen LogP) is 8.56. The van der Waals surface area contributed by atoms with E-state index < -0.39 is 27.0 Å². The summed E-state index contributed by atoms with van der Waals surface area (Å²) in [6, 6.07) is 2.18. The molecule has 0 saturated heterocycles. The highest BCUT2D eigenvalue weighted by molar-refractivity contribution is 6.76. The number of carbonyl (C=O) groups is 2. The normalized spacial score (nSPS) is 14.5. The molecule has 1 aliphatic rings. The van der Waals surface area contributed by atoms with E-state index in [1.807, 2.05) is 52.3 Å². The van der Waals surface area contributed by atoms with Crippen molar-refractivity contribution in [2.75, 3.05) is 13.2 Å². The second-order valence-corrected chi connectivity index (χ2v) is 30.0. The van der Waals surface area contributed by atoms with Gasteiger partial charge in [-0.1, -0.05) is 80.8 Å². The van der Waals surface area contributed by atoms with E-state index in [9.17, 15) is 14.4 Å². The summed E-state index contributed by atoms with van der Waals surface area (Å²) in [5.41, 5.74) is 2.04. The molecule has 12 nitrogen and oxygen atoms in total. The molecular weight excluding hydrogens is 705 g/mol. The predicted molar refractivity (Wildman–Crippen MR) is 217 cm³/mol. The summed E-state index contributed by atoms with van der Waals surface area (Å²) >= 11 is 0. The zero-order valence-electron chi connectivity index (χ0n) is 34.1. The molecule has 292 valence electrons. The van der Waals surface area contributed by atoms with Crippen LogP contribution in [0.25, 0.3) is 22.3 Å². The van der Waals surface area contributed by atoms with Crippen LogP contribution in [0.5, 0.6) is 5.88 Å². The number of hydrogen-bond donors (Lipinski definition) is 1. The molecule has 4 heterocycles. The first-order chi connectivity index (χ1) is 24.5. The van der Waals surface area contributed by atoms with Crippen molar-refractivity contribution in [2.24, 2.45) is 10.8 Å². The monoisotopic (exact) mass is 766 g/mol. The van der Waals surface area contributed by atoms with E-state index in [2.05, 4.69) is 59.2 Å². The van der Waals surface area contributed by atoms with Crippen LogP contribution in [0.3, 0.4) is 0 Å². The number of nitrogens with zero attached hydrogens (tertiary/aromatic N) is 5. The molecule has 1 N–H and O–H groups in total. The molecule has 5 rings (SSSR count). The van der Waals surface area contributed by atoms with Gasteiger partial charge in [-0.25, -0.2) is 15.0 Å². The van der Waals surface area contributed by atoms with Crippen molar-refractivity contribution in [1.29, 1.82) is 0 Å². The minimum Gasteiger partial charge on any atom is -0.473 e. The Bertz CT molecular complexity index is 1930. The van der Waals surface area contributed by atoms with Crippen LogP contribution in [-0.4, -0.2) is 76.1 Å². The number of rotatable bonds is 14. The summed E-state index contributed by atoms with van der Waals surface area (Å²) in [6.07, 6.45) is 11.2. The fraction of sp³-hybridized carbons (Fsp3) is 0.641. The molecule has 0 unspecified atom stereocenters. The second-order valence-electron chi connectivity index (χ2n) is 18.7. The second kappa shape index (κ2) is 16.9. The number of fused-ring (bicyclic) bond motifs is 2. The standard InChI is InChI=1S/C22H35N3O3Si.C17H27N3O3Si/c1-22(2,3)20(26)17-14-25(15-27-11-12-29(4,5)6)21-19(17)24-18(13-23-21)28-16-9-7-8-10-16;1-17(2,3)15(22)12-10-20(11-23-7-8-24(4,5)6)16-14(12)19-13(21)9-18-16/h13-14,16H,7-12,15H2,1-6H3;9-10H,7-8,11H2,1-6H3,(H,19,21). The quantitative estimate of drug-likeness (QED) is 0.0759. The van der Waals surface area contributed by atoms with Gasteiger partial charge in [0.1, 0.15) is 25.1 Å². The molecule has 4 aromatic heterocycles. The van der Waals surface area contributed by atoms with Crippen molar-refractivity contribution < 1.29 is 23.8 Å². The van der Waals surface area contributed by atoms with E-state index in [1.54, 1.807) is 17.0 Å². The third kappa shape index (κ3) is 12.0. The van der Waals surface area contributed by atoms with Crippen LogP contribution in [0.2, 0.25) is 51.4 Å². The smallest absolute Gasteiger partial charge is 0.267 e. The lowest BCUT2D eigenvalue weighted by Gasteiger charge is -2.16. The number of ketones is 2. The maximum atomic E-state index is 13.1. The van der Waals surface area contributed by atoms with Gasteiger partial charge in [0.2, 0.25) is 5.88 Å². The molecule has 1 aliphatic carbocycles. The van der Waals surface area contributed by atoms with Crippen LogP contribution in [0.15, 0.2) is 29.6 Å². The number of aromatic amines is 1. The van der Waals surface area contributed by atoms with Gasteiger partial charge in [-0.15, -0.1) is 0 Å². The van der Waals surface area contributed by atoms with Gasteiger partial charge < -0.3 is 28.3 Å². The molecular formula is C39H62N6O6Si2. The van der Waals surface area contributed by atoms with Crippen molar-refractivity contribution in [3.05, 3.63) is 46.3 Å². The molecule has 14 heteroatoms. The van der Waals surface area contributed by atoms with E-state index in [-0.39, 0.29) is 23.2 Å². The maximum Gasteiger partial charge on any atom is 0.267 e. The molecule has 0 spiro atoms. The molecule has 0 atom stereocenters. The summed E-state index contributed by atoms with van der Waals surface area (Å²) in [4.78, 5) is 53.5. The topological polar surface area (TPSA) is 143 Å². The van der Waals surface area contributed by atoms with Gasteiger partial charge in [-0.2, -0.15) is 0 Å². The first-order valence-electron chi connectivity index (χ1n) is 18.9. The number of ether oxygens (including phenoxy) is 3. The third-order valence-corrected chi connectivity index (χ3v) is 12.4. The average molecular weight is 767 g/mol. The first kappa shape index (κ1) is 42.3. The van der Waals surface area contributed by atoms with Crippen molar-refractivity contribution in [3.8, 4) is 5.88 Å². The molecule has 1 fully saturated rings. The van der Waals surface area contributed by atoms with Gasteiger partial charge >= 0.3 is 0 Å².